The van der Waals surface area contributed by atoms with E-state index in [2.05, 4.69) is 10.3 Å². The van der Waals surface area contributed by atoms with Crippen LogP contribution in [0.5, 0.6) is 0 Å². The predicted octanol–water partition coefficient (Wildman–Crippen LogP) is 5.50. The number of amides is 1. The number of furan rings is 1. The van der Waals surface area contributed by atoms with Crippen LogP contribution in [0, 0.1) is 20.8 Å². The van der Waals surface area contributed by atoms with Crippen molar-refractivity contribution in [2.24, 2.45) is 0 Å². The van der Waals surface area contributed by atoms with Crippen LogP contribution in [0.2, 0.25) is 5.02 Å². The summed E-state index contributed by atoms with van der Waals surface area (Å²) >= 11 is 6.11. The molecule has 33 heavy (non-hydrogen) atoms. The van der Waals surface area contributed by atoms with E-state index in [1.54, 1.807) is 6.26 Å². The number of halogens is 1. The Morgan fingerprint density at radius 2 is 1.94 bits per heavy atom. The lowest BCUT2D eigenvalue weighted by Gasteiger charge is -2.10. The van der Waals surface area contributed by atoms with Gasteiger partial charge in [-0.15, -0.1) is 0 Å². The second-order valence-corrected chi connectivity index (χ2v) is 8.90. The van der Waals surface area contributed by atoms with Crippen LogP contribution < -0.4 is 10.9 Å². The fraction of sp³-hybridized carbons (Fsp3) is 0.231. The van der Waals surface area contributed by atoms with Gasteiger partial charge < -0.3 is 19.1 Å². The van der Waals surface area contributed by atoms with E-state index < -0.39 is 5.63 Å². The van der Waals surface area contributed by atoms with Gasteiger partial charge in [0.05, 0.1) is 23.6 Å². The number of hydrogen-bond acceptors (Lipinski definition) is 4. The van der Waals surface area contributed by atoms with E-state index in [-0.39, 0.29) is 12.3 Å². The number of fused-ring (bicyclic) bond motifs is 4. The fourth-order valence-corrected chi connectivity index (χ4v) is 4.77. The Hall–Kier alpha value is -3.51. The summed E-state index contributed by atoms with van der Waals surface area (Å²) in [4.78, 5) is 28.6. The first kappa shape index (κ1) is 21.3. The molecule has 2 aromatic carbocycles. The second kappa shape index (κ2) is 8.12. The topological polar surface area (TPSA) is 88.2 Å². The first-order valence-corrected chi connectivity index (χ1v) is 11.2. The number of carbonyl (C=O) groups excluding carboxylic acids is 1. The summed E-state index contributed by atoms with van der Waals surface area (Å²) in [5.41, 5.74) is 5.79. The fourth-order valence-electron chi connectivity index (χ4n) is 4.59. The molecule has 7 heteroatoms. The van der Waals surface area contributed by atoms with Gasteiger partial charge in [0.15, 0.2) is 0 Å². The van der Waals surface area contributed by atoms with Gasteiger partial charge in [-0.25, -0.2) is 4.79 Å². The highest BCUT2D eigenvalue weighted by atomic mass is 35.5. The summed E-state index contributed by atoms with van der Waals surface area (Å²) in [6, 6.07) is 7.53. The van der Waals surface area contributed by atoms with Gasteiger partial charge in [-0.3, -0.25) is 4.79 Å². The minimum atomic E-state index is -0.497. The van der Waals surface area contributed by atoms with Crippen LogP contribution in [-0.2, 0) is 17.6 Å². The highest BCUT2D eigenvalue weighted by molar-refractivity contribution is 6.31. The maximum atomic E-state index is 12.7. The number of H-pyrrole nitrogens is 1. The molecule has 5 rings (SSSR count). The number of hydrogen-bond donors (Lipinski definition) is 2. The molecule has 0 atom stereocenters. The average molecular weight is 463 g/mol. The predicted molar refractivity (Wildman–Crippen MR) is 130 cm³/mol. The second-order valence-electron chi connectivity index (χ2n) is 8.46. The third-order valence-electron chi connectivity index (χ3n) is 6.25. The van der Waals surface area contributed by atoms with Crippen molar-refractivity contribution in [2.45, 2.75) is 33.6 Å². The molecule has 0 unspecified atom stereocenters. The van der Waals surface area contributed by atoms with Crippen molar-refractivity contribution in [3.05, 3.63) is 80.0 Å². The summed E-state index contributed by atoms with van der Waals surface area (Å²) in [5.74, 6) is -0.235. The van der Waals surface area contributed by atoms with Crippen molar-refractivity contribution in [2.75, 3.05) is 6.54 Å². The largest absolute Gasteiger partial charge is 0.463 e. The zero-order valence-corrected chi connectivity index (χ0v) is 19.4. The Kier molecular flexibility index (Phi) is 5.25. The molecule has 0 aliphatic rings. The van der Waals surface area contributed by atoms with Crippen molar-refractivity contribution in [3.63, 3.8) is 0 Å². The van der Waals surface area contributed by atoms with E-state index in [4.69, 9.17) is 20.4 Å². The number of aromatic amines is 1. The lowest BCUT2D eigenvalue weighted by Crippen LogP contribution is -2.29. The zero-order chi connectivity index (χ0) is 23.3. The highest BCUT2D eigenvalue weighted by Crippen LogP contribution is 2.34. The van der Waals surface area contributed by atoms with Crippen LogP contribution >= 0.6 is 11.6 Å². The van der Waals surface area contributed by atoms with Crippen molar-refractivity contribution < 1.29 is 13.6 Å². The lowest BCUT2D eigenvalue weighted by molar-refractivity contribution is -0.120. The molecule has 0 saturated heterocycles. The maximum Gasteiger partial charge on any atom is 0.340 e. The molecule has 0 fully saturated rings. The van der Waals surface area contributed by atoms with Crippen LogP contribution in [0.3, 0.4) is 0 Å². The molecule has 168 valence electrons. The molecule has 3 heterocycles. The van der Waals surface area contributed by atoms with Gasteiger partial charge in [-0.1, -0.05) is 11.6 Å². The van der Waals surface area contributed by atoms with Crippen LogP contribution in [0.15, 0.2) is 50.4 Å². The SMILES string of the molecule is Cc1coc2c1c(C)cc1oc(=O)c(CC(=O)NCCc3c[nH]c4ccc(Cl)cc34)c(C)c12. The summed E-state index contributed by atoms with van der Waals surface area (Å²) in [7, 11) is 0. The van der Waals surface area contributed by atoms with Gasteiger partial charge in [0.2, 0.25) is 5.91 Å². The van der Waals surface area contributed by atoms with Crippen molar-refractivity contribution >= 4 is 50.3 Å². The molecule has 1 amide bonds. The first-order valence-electron chi connectivity index (χ1n) is 10.8. The third-order valence-corrected chi connectivity index (χ3v) is 6.49. The van der Waals surface area contributed by atoms with Crippen molar-refractivity contribution in [1.82, 2.24) is 10.3 Å². The molecular weight excluding hydrogens is 440 g/mol. The Balaban J connectivity index is 1.37. The Labute approximate surface area is 194 Å². The highest BCUT2D eigenvalue weighted by Gasteiger charge is 2.20. The first-order chi connectivity index (χ1) is 15.8. The van der Waals surface area contributed by atoms with E-state index in [1.165, 1.54) is 0 Å². The zero-order valence-electron chi connectivity index (χ0n) is 18.6. The molecule has 0 radical (unpaired) electrons. The quantitative estimate of drug-likeness (QED) is 0.337. The standard InChI is InChI=1S/C26H23ClN2O4/c1-13-8-21-24(25-23(13)14(2)12-32-25)15(3)18(26(31)33-21)10-22(30)28-7-6-16-11-29-20-5-4-17(27)9-19(16)20/h4-5,8-9,11-12,29H,6-7,10H2,1-3H3,(H,28,30). The van der Waals surface area contributed by atoms with Gasteiger partial charge >= 0.3 is 5.63 Å². The number of benzene rings is 2. The number of aryl methyl sites for hydroxylation is 3. The summed E-state index contributed by atoms with van der Waals surface area (Å²) < 4.78 is 11.4. The van der Waals surface area contributed by atoms with E-state index in [0.717, 1.165) is 38.4 Å². The normalized spacial score (nSPS) is 11.6. The molecule has 0 bridgehead atoms. The van der Waals surface area contributed by atoms with Gasteiger partial charge in [-0.05, 0) is 73.7 Å². The van der Waals surface area contributed by atoms with E-state index in [9.17, 15) is 9.59 Å². The molecular formula is C26H23ClN2O4. The maximum absolute atomic E-state index is 12.7. The minimum absolute atomic E-state index is 0.0567. The molecule has 0 aliphatic heterocycles. The van der Waals surface area contributed by atoms with Crippen LogP contribution in [-0.4, -0.2) is 17.4 Å². The van der Waals surface area contributed by atoms with Gasteiger partial charge in [0.25, 0.3) is 0 Å². The molecule has 3 aromatic heterocycles. The monoisotopic (exact) mass is 462 g/mol. The number of aromatic nitrogens is 1. The Morgan fingerprint density at radius 1 is 1.12 bits per heavy atom. The van der Waals surface area contributed by atoms with Gasteiger partial charge in [0.1, 0.15) is 11.2 Å². The molecule has 0 aliphatic carbocycles. The molecule has 2 N–H and O–H groups in total. The number of rotatable bonds is 5. The van der Waals surface area contributed by atoms with Gasteiger partial charge in [0, 0.05) is 34.1 Å². The summed E-state index contributed by atoms with van der Waals surface area (Å²) in [6.07, 6.45) is 4.21. The van der Waals surface area contributed by atoms with Crippen molar-refractivity contribution in [3.8, 4) is 0 Å². The van der Waals surface area contributed by atoms with E-state index >= 15 is 0 Å². The third kappa shape index (κ3) is 3.70. The minimum Gasteiger partial charge on any atom is -0.463 e. The van der Waals surface area contributed by atoms with E-state index in [0.29, 0.717) is 40.3 Å². The summed E-state index contributed by atoms with van der Waals surface area (Å²) in [5, 5.41) is 6.36. The number of nitrogens with one attached hydrogen (secondary N) is 2. The van der Waals surface area contributed by atoms with Gasteiger partial charge in [-0.2, -0.15) is 0 Å². The summed E-state index contributed by atoms with van der Waals surface area (Å²) in [6.45, 7) is 6.22. The van der Waals surface area contributed by atoms with Crippen molar-refractivity contribution in [1.29, 1.82) is 0 Å². The van der Waals surface area contributed by atoms with E-state index in [1.807, 2.05) is 51.2 Å². The Bertz CT molecular complexity index is 1610. The lowest BCUT2D eigenvalue weighted by atomic mass is 9.99. The smallest absolute Gasteiger partial charge is 0.340 e. The number of carbonyl (C=O) groups is 1. The molecule has 5 aromatic rings. The van der Waals surface area contributed by atoms with Crippen LogP contribution in [0.4, 0.5) is 0 Å². The van der Waals surface area contributed by atoms with Crippen LogP contribution in [0.25, 0.3) is 32.8 Å². The molecule has 6 nitrogen and oxygen atoms in total. The Morgan fingerprint density at radius 3 is 2.76 bits per heavy atom. The average Bonchev–Trinajstić information content (AvgIpc) is 3.34. The molecule has 0 spiro atoms. The molecule has 0 saturated carbocycles. The van der Waals surface area contributed by atoms with Crippen LogP contribution in [0.1, 0.15) is 27.8 Å².